The lowest BCUT2D eigenvalue weighted by Gasteiger charge is -2.17. The van der Waals surface area contributed by atoms with Gasteiger partial charge >= 0.3 is 0 Å². The molecule has 0 aliphatic heterocycles. The summed E-state index contributed by atoms with van der Waals surface area (Å²) in [4.78, 5) is 4.97. The Labute approximate surface area is 108 Å². The monoisotopic (exact) mass is 249 g/mol. The minimum absolute atomic E-state index is 0.426. The van der Waals surface area contributed by atoms with Crippen molar-refractivity contribution < 1.29 is 0 Å². The van der Waals surface area contributed by atoms with Crippen molar-refractivity contribution in [2.45, 2.75) is 45.6 Å². The zero-order valence-electron chi connectivity index (χ0n) is 10.4. The summed E-state index contributed by atoms with van der Waals surface area (Å²) in [6, 6.07) is 2.55. The van der Waals surface area contributed by atoms with Crippen LogP contribution in [0.1, 0.15) is 42.5 Å². The highest BCUT2D eigenvalue weighted by Gasteiger charge is 2.18. The average Bonchev–Trinajstić information content (AvgIpc) is 2.68. The number of thiocarbonyl (C=S) groups is 1. The van der Waals surface area contributed by atoms with E-state index in [1.54, 1.807) is 0 Å². The summed E-state index contributed by atoms with van der Waals surface area (Å²) in [6.45, 7) is 4.03. The van der Waals surface area contributed by atoms with Gasteiger partial charge in [-0.3, -0.25) is 0 Å². The van der Waals surface area contributed by atoms with Crippen LogP contribution in [0.25, 0.3) is 0 Å². The Bertz CT molecular complexity index is 437. The lowest BCUT2D eigenvalue weighted by atomic mass is 10.1. The second kappa shape index (κ2) is 5.00. The molecule has 0 saturated heterocycles. The number of anilines is 1. The quantitative estimate of drug-likeness (QED) is 0.809. The van der Waals surface area contributed by atoms with Crippen LogP contribution < -0.4 is 11.1 Å². The Kier molecular flexibility index (Phi) is 3.62. The fraction of sp³-hybridized carbons (Fsp3) is 0.538. The zero-order valence-corrected chi connectivity index (χ0v) is 11.2. The molecule has 1 saturated carbocycles. The average molecular weight is 249 g/mol. The minimum atomic E-state index is 0.426. The van der Waals surface area contributed by atoms with Crippen molar-refractivity contribution in [3.8, 4) is 0 Å². The van der Waals surface area contributed by atoms with Gasteiger partial charge in [-0.25, -0.2) is 4.98 Å². The topological polar surface area (TPSA) is 50.9 Å². The van der Waals surface area contributed by atoms with Crippen LogP contribution in [0.15, 0.2) is 6.07 Å². The van der Waals surface area contributed by atoms with Gasteiger partial charge in [0.2, 0.25) is 0 Å². The molecule has 92 valence electrons. The molecule has 1 aromatic rings. The van der Waals surface area contributed by atoms with Gasteiger partial charge in [0.05, 0.1) is 5.56 Å². The van der Waals surface area contributed by atoms with Gasteiger partial charge in [-0.05, 0) is 38.3 Å². The van der Waals surface area contributed by atoms with E-state index < -0.39 is 0 Å². The Morgan fingerprint density at radius 1 is 1.41 bits per heavy atom. The van der Waals surface area contributed by atoms with Gasteiger partial charge in [-0.1, -0.05) is 25.1 Å². The summed E-state index contributed by atoms with van der Waals surface area (Å²) < 4.78 is 0. The van der Waals surface area contributed by atoms with Crippen molar-refractivity contribution in [3.63, 3.8) is 0 Å². The molecule has 1 aromatic heterocycles. The second-order valence-electron chi connectivity index (χ2n) is 4.79. The van der Waals surface area contributed by atoms with Crippen LogP contribution in [0.4, 0.5) is 5.82 Å². The molecule has 3 nitrogen and oxygen atoms in total. The third kappa shape index (κ3) is 2.75. The van der Waals surface area contributed by atoms with Crippen molar-refractivity contribution in [3.05, 3.63) is 22.9 Å². The lowest BCUT2D eigenvalue weighted by Crippen LogP contribution is -2.21. The first-order valence-corrected chi connectivity index (χ1v) is 6.53. The first-order valence-electron chi connectivity index (χ1n) is 6.12. The summed E-state index contributed by atoms with van der Waals surface area (Å²) in [7, 11) is 0. The zero-order chi connectivity index (χ0) is 12.4. The van der Waals surface area contributed by atoms with Crippen molar-refractivity contribution in [2.75, 3.05) is 5.32 Å². The maximum Gasteiger partial charge on any atom is 0.136 e. The highest BCUT2D eigenvalue weighted by molar-refractivity contribution is 7.80. The third-order valence-electron chi connectivity index (χ3n) is 3.29. The molecule has 0 unspecified atom stereocenters. The maximum absolute atomic E-state index is 5.79. The molecule has 4 heteroatoms. The predicted molar refractivity (Wildman–Crippen MR) is 75.5 cm³/mol. The summed E-state index contributed by atoms with van der Waals surface area (Å²) >= 11 is 5.12. The van der Waals surface area contributed by atoms with E-state index in [4.69, 9.17) is 18.0 Å². The molecule has 0 atom stereocenters. The van der Waals surface area contributed by atoms with Crippen LogP contribution in [0.2, 0.25) is 0 Å². The summed E-state index contributed by atoms with van der Waals surface area (Å²) in [5.74, 6) is 0.863. The number of pyridine rings is 1. The van der Waals surface area contributed by atoms with E-state index >= 15 is 0 Å². The van der Waals surface area contributed by atoms with E-state index in [9.17, 15) is 0 Å². The molecular formula is C13H19N3S. The van der Waals surface area contributed by atoms with Gasteiger partial charge in [0.15, 0.2) is 0 Å². The molecule has 0 spiro atoms. The van der Waals surface area contributed by atoms with Crippen LogP contribution in [-0.2, 0) is 0 Å². The van der Waals surface area contributed by atoms with Crippen LogP contribution in [0.5, 0.6) is 0 Å². The number of nitrogens with one attached hydrogen (secondary N) is 1. The molecule has 0 radical (unpaired) electrons. The number of nitrogens with zero attached hydrogens (tertiary/aromatic N) is 1. The number of rotatable bonds is 3. The molecule has 1 fully saturated rings. The van der Waals surface area contributed by atoms with E-state index in [0.717, 1.165) is 22.6 Å². The molecule has 1 heterocycles. The highest BCUT2D eigenvalue weighted by atomic mass is 32.1. The van der Waals surface area contributed by atoms with Crippen LogP contribution in [-0.4, -0.2) is 16.0 Å². The Balaban J connectivity index is 2.32. The predicted octanol–water partition coefficient (Wildman–Crippen LogP) is 2.69. The number of hydrogen-bond acceptors (Lipinski definition) is 3. The second-order valence-corrected chi connectivity index (χ2v) is 5.23. The maximum atomic E-state index is 5.79. The molecule has 1 aliphatic rings. The fourth-order valence-electron chi connectivity index (χ4n) is 2.52. The van der Waals surface area contributed by atoms with Gasteiger partial charge in [-0.15, -0.1) is 0 Å². The lowest BCUT2D eigenvalue weighted by molar-refractivity contribution is 0.749. The van der Waals surface area contributed by atoms with E-state index in [2.05, 4.69) is 10.3 Å². The molecule has 0 bridgehead atoms. The normalized spacial score (nSPS) is 16.1. The third-order valence-corrected chi connectivity index (χ3v) is 3.49. The minimum Gasteiger partial charge on any atom is -0.389 e. The number of nitrogens with two attached hydrogens (primary N) is 1. The molecule has 17 heavy (non-hydrogen) atoms. The largest absolute Gasteiger partial charge is 0.389 e. The van der Waals surface area contributed by atoms with Crippen molar-refractivity contribution in [2.24, 2.45) is 5.73 Å². The first kappa shape index (κ1) is 12.3. The Morgan fingerprint density at radius 2 is 2.06 bits per heavy atom. The number of hydrogen-bond donors (Lipinski definition) is 2. The van der Waals surface area contributed by atoms with Gasteiger partial charge in [0.1, 0.15) is 10.8 Å². The smallest absolute Gasteiger partial charge is 0.136 e. The van der Waals surface area contributed by atoms with Crippen molar-refractivity contribution >= 4 is 23.0 Å². The molecule has 0 amide bonds. The molecule has 2 rings (SSSR count). The summed E-state index contributed by atoms with van der Waals surface area (Å²) in [5.41, 5.74) is 8.80. The molecular weight excluding hydrogens is 230 g/mol. The Hall–Kier alpha value is -1.16. The summed E-state index contributed by atoms with van der Waals surface area (Å²) in [5, 5.41) is 3.49. The van der Waals surface area contributed by atoms with E-state index in [1.165, 1.54) is 25.7 Å². The van der Waals surface area contributed by atoms with E-state index in [1.807, 2.05) is 19.9 Å². The van der Waals surface area contributed by atoms with Crippen molar-refractivity contribution in [1.29, 1.82) is 0 Å². The Morgan fingerprint density at radius 3 is 2.65 bits per heavy atom. The van der Waals surface area contributed by atoms with Crippen LogP contribution >= 0.6 is 12.2 Å². The van der Waals surface area contributed by atoms with Crippen molar-refractivity contribution in [1.82, 2.24) is 4.98 Å². The molecule has 1 aliphatic carbocycles. The van der Waals surface area contributed by atoms with Gasteiger partial charge < -0.3 is 11.1 Å². The summed E-state index contributed by atoms with van der Waals surface area (Å²) in [6.07, 6.45) is 5.02. The molecule has 3 N–H and O–H groups in total. The SMILES string of the molecule is Cc1cc(C)c(C(N)=S)c(NC2CCCC2)n1. The highest BCUT2D eigenvalue weighted by Crippen LogP contribution is 2.25. The van der Waals surface area contributed by atoms with Crippen LogP contribution in [0, 0.1) is 13.8 Å². The molecule has 0 aromatic carbocycles. The van der Waals surface area contributed by atoms with Gasteiger partial charge in [-0.2, -0.15) is 0 Å². The number of aryl methyl sites for hydroxylation is 2. The van der Waals surface area contributed by atoms with E-state index in [0.29, 0.717) is 11.0 Å². The van der Waals surface area contributed by atoms with Gasteiger partial charge in [0.25, 0.3) is 0 Å². The van der Waals surface area contributed by atoms with Crippen LogP contribution in [0.3, 0.4) is 0 Å². The number of aromatic nitrogens is 1. The van der Waals surface area contributed by atoms with Gasteiger partial charge in [0, 0.05) is 11.7 Å². The first-order chi connectivity index (χ1) is 8.08. The van der Waals surface area contributed by atoms with E-state index in [-0.39, 0.29) is 0 Å². The standard InChI is InChI=1S/C13H19N3S/c1-8-7-9(2)15-13(11(8)12(14)17)16-10-5-3-4-6-10/h7,10H,3-6H2,1-2H3,(H2,14,17)(H,15,16). The fourth-order valence-corrected chi connectivity index (χ4v) is 2.77.